The third kappa shape index (κ3) is 3.68. The van der Waals surface area contributed by atoms with Crippen molar-refractivity contribution < 1.29 is 0 Å². The van der Waals surface area contributed by atoms with Crippen molar-refractivity contribution in [2.75, 3.05) is 18.4 Å². The van der Waals surface area contributed by atoms with Gasteiger partial charge in [0.25, 0.3) is 0 Å². The van der Waals surface area contributed by atoms with Gasteiger partial charge in [0.15, 0.2) is 0 Å². The summed E-state index contributed by atoms with van der Waals surface area (Å²) in [6.07, 6.45) is 4.47. The summed E-state index contributed by atoms with van der Waals surface area (Å²) in [6, 6.07) is 4.74. The molecule has 0 radical (unpaired) electrons. The van der Waals surface area contributed by atoms with Crippen LogP contribution in [-0.4, -0.2) is 24.1 Å². The van der Waals surface area contributed by atoms with Crippen molar-refractivity contribution in [2.45, 2.75) is 25.8 Å². The highest BCUT2D eigenvalue weighted by atomic mass is 35.5. The summed E-state index contributed by atoms with van der Waals surface area (Å²) < 4.78 is 0. The topological polar surface area (TPSA) is 37.0 Å². The van der Waals surface area contributed by atoms with Gasteiger partial charge in [0.1, 0.15) is 5.82 Å². The van der Waals surface area contributed by atoms with Crippen LogP contribution < -0.4 is 10.6 Å². The molecule has 0 bridgehead atoms. The van der Waals surface area contributed by atoms with Gasteiger partial charge in [-0.05, 0) is 37.9 Å². The molecule has 0 aromatic carbocycles. The van der Waals surface area contributed by atoms with E-state index in [-0.39, 0.29) is 12.4 Å². The van der Waals surface area contributed by atoms with Crippen LogP contribution in [0.3, 0.4) is 0 Å². The molecule has 1 fully saturated rings. The summed E-state index contributed by atoms with van der Waals surface area (Å²) in [5, 5.41) is 6.79. The van der Waals surface area contributed by atoms with Crippen LogP contribution in [0.5, 0.6) is 0 Å². The summed E-state index contributed by atoms with van der Waals surface area (Å²) in [6.45, 7) is 4.19. The maximum atomic E-state index is 4.30. The molecule has 0 saturated carbocycles. The van der Waals surface area contributed by atoms with Crippen LogP contribution in [0, 0.1) is 6.92 Å². The lowest BCUT2D eigenvalue weighted by Crippen LogP contribution is -2.29. The van der Waals surface area contributed by atoms with E-state index in [1.54, 1.807) is 0 Å². The van der Waals surface area contributed by atoms with Gasteiger partial charge in [0.2, 0.25) is 0 Å². The Kier molecular flexibility index (Phi) is 4.85. The maximum Gasteiger partial charge on any atom is 0.125 e. The van der Waals surface area contributed by atoms with Crippen molar-refractivity contribution in [1.29, 1.82) is 0 Å². The molecule has 2 rings (SSSR count). The van der Waals surface area contributed by atoms with Crippen LogP contribution in [0.4, 0.5) is 5.82 Å². The Morgan fingerprint density at radius 2 is 2.40 bits per heavy atom. The standard InChI is InChI=1S/C11H17N3.ClH/c1-9-4-5-11(13-7-9)14-8-10-3-2-6-12-10;/h4-5,7,10,12H,2-3,6,8H2,1H3,(H,13,14);1H. The summed E-state index contributed by atoms with van der Waals surface area (Å²) in [7, 11) is 0. The molecular formula is C11H18ClN3. The highest BCUT2D eigenvalue weighted by molar-refractivity contribution is 5.85. The molecule has 0 amide bonds. The second-order valence-electron chi connectivity index (χ2n) is 3.89. The molecule has 2 heterocycles. The van der Waals surface area contributed by atoms with Crippen LogP contribution >= 0.6 is 12.4 Å². The molecule has 1 aromatic rings. The number of rotatable bonds is 3. The fourth-order valence-electron chi connectivity index (χ4n) is 1.73. The molecule has 0 aliphatic carbocycles. The minimum absolute atomic E-state index is 0. The van der Waals surface area contributed by atoms with Crippen LogP contribution in [0.2, 0.25) is 0 Å². The first kappa shape index (κ1) is 12.3. The molecule has 1 unspecified atom stereocenters. The van der Waals surface area contributed by atoms with Crippen molar-refractivity contribution in [3.63, 3.8) is 0 Å². The van der Waals surface area contributed by atoms with E-state index < -0.39 is 0 Å². The molecule has 2 N–H and O–H groups in total. The fraction of sp³-hybridized carbons (Fsp3) is 0.545. The van der Waals surface area contributed by atoms with Gasteiger partial charge in [-0.3, -0.25) is 0 Å². The zero-order chi connectivity index (χ0) is 9.80. The van der Waals surface area contributed by atoms with E-state index in [2.05, 4.69) is 28.6 Å². The Bertz CT molecular complexity index is 280. The smallest absolute Gasteiger partial charge is 0.125 e. The van der Waals surface area contributed by atoms with Crippen LogP contribution in [-0.2, 0) is 0 Å². The number of anilines is 1. The Balaban J connectivity index is 0.00000112. The third-order valence-corrected chi connectivity index (χ3v) is 2.60. The van der Waals surface area contributed by atoms with Gasteiger partial charge in [0.05, 0.1) is 0 Å². The van der Waals surface area contributed by atoms with E-state index in [0.717, 1.165) is 18.9 Å². The van der Waals surface area contributed by atoms with Gasteiger partial charge >= 0.3 is 0 Å². The zero-order valence-electron chi connectivity index (χ0n) is 8.99. The number of aryl methyl sites for hydroxylation is 1. The first-order valence-corrected chi connectivity index (χ1v) is 5.24. The number of halogens is 1. The van der Waals surface area contributed by atoms with E-state index in [9.17, 15) is 0 Å². The van der Waals surface area contributed by atoms with Crippen molar-refractivity contribution in [3.8, 4) is 0 Å². The molecule has 84 valence electrons. The second-order valence-corrected chi connectivity index (χ2v) is 3.89. The average Bonchev–Trinajstić information content (AvgIpc) is 2.70. The van der Waals surface area contributed by atoms with Gasteiger partial charge in [0, 0.05) is 18.8 Å². The van der Waals surface area contributed by atoms with Crippen molar-refractivity contribution in [1.82, 2.24) is 10.3 Å². The summed E-state index contributed by atoms with van der Waals surface area (Å²) in [5.41, 5.74) is 1.20. The van der Waals surface area contributed by atoms with Crippen molar-refractivity contribution in [3.05, 3.63) is 23.9 Å². The third-order valence-electron chi connectivity index (χ3n) is 2.60. The predicted octanol–water partition coefficient (Wildman–Crippen LogP) is 1.98. The molecule has 1 aliphatic heterocycles. The molecule has 1 aromatic heterocycles. The van der Waals surface area contributed by atoms with E-state index >= 15 is 0 Å². The molecule has 0 spiro atoms. The highest BCUT2D eigenvalue weighted by Gasteiger charge is 2.12. The lowest BCUT2D eigenvalue weighted by atomic mass is 10.2. The lowest BCUT2D eigenvalue weighted by molar-refractivity contribution is 0.632. The SMILES string of the molecule is Cc1ccc(NCC2CCCN2)nc1.Cl. The van der Waals surface area contributed by atoms with Crippen LogP contribution in [0.1, 0.15) is 18.4 Å². The molecule has 1 aliphatic rings. The first-order chi connectivity index (χ1) is 6.84. The molecule has 3 nitrogen and oxygen atoms in total. The van der Waals surface area contributed by atoms with Gasteiger partial charge in [-0.25, -0.2) is 4.98 Å². The summed E-state index contributed by atoms with van der Waals surface area (Å²) in [5.74, 6) is 0.976. The second kappa shape index (κ2) is 5.93. The predicted molar refractivity (Wildman–Crippen MR) is 65.7 cm³/mol. The first-order valence-electron chi connectivity index (χ1n) is 5.24. The Morgan fingerprint density at radius 1 is 1.53 bits per heavy atom. The van der Waals surface area contributed by atoms with Crippen molar-refractivity contribution >= 4 is 18.2 Å². The summed E-state index contributed by atoms with van der Waals surface area (Å²) >= 11 is 0. The Labute approximate surface area is 97.1 Å². The number of aromatic nitrogens is 1. The molecule has 1 saturated heterocycles. The number of hydrogen-bond donors (Lipinski definition) is 2. The zero-order valence-corrected chi connectivity index (χ0v) is 9.81. The molecule has 15 heavy (non-hydrogen) atoms. The van der Waals surface area contributed by atoms with Gasteiger partial charge in [-0.15, -0.1) is 12.4 Å². The van der Waals surface area contributed by atoms with Crippen molar-refractivity contribution in [2.24, 2.45) is 0 Å². The Morgan fingerprint density at radius 3 is 3.00 bits per heavy atom. The lowest BCUT2D eigenvalue weighted by Gasteiger charge is -2.11. The molecule has 4 heteroatoms. The highest BCUT2D eigenvalue weighted by Crippen LogP contribution is 2.07. The number of pyridine rings is 1. The molecular weight excluding hydrogens is 210 g/mol. The van der Waals surface area contributed by atoms with E-state index in [0.29, 0.717) is 6.04 Å². The maximum absolute atomic E-state index is 4.30. The van der Waals surface area contributed by atoms with E-state index in [4.69, 9.17) is 0 Å². The van der Waals surface area contributed by atoms with E-state index in [1.807, 2.05) is 12.3 Å². The number of hydrogen-bond acceptors (Lipinski definition) is 3. The minimum atomic E-state index is 0. The van der Waals surface area contributed by atoms with E-state index in [1.165, 1.54) is 18.4 Å². The fourth-order valence-corrected chi connectivity index (χ4v) is 1.73. The molecule has 1 atom stereocenters. The van der Waals surface area contributed by atoms with Gasteiger partial charge < -0.3 is 10.6 Å². The summed E-state index contributed by atoms with van der Waals surface area (Å²) in [4.78, 5) is 4.30. The average molecular weight is 228 g/mol. The largest absolute Gasteiger partial charge is 0.369 e. The van der Waals surface area contributed by atoms with Crippen LogP contribution in [0.15, 0.2) is 18.3 Å². The minimum Gasteiger partial charge on any atom is -0.369 e. The quantitative estimate of drug-likeness (QED) is 0.829. The monoisotopic (exact) mass is 227 g/mol. The normalized spacial score (nSPS) is 19.7. The number of nitrogens with zero attached hydrogens (tertiary/aromatic N) is 1. The van der Waals surface area contributed by atoms with Gasteiger partial charge in [-0.2, -0.15) is 0 Å². The number of nitrogens with one attached hydrogen (secondary N) is 2. The Hall–Kier alpha value is -0.800. The van der Waals surface area contributed by atoms with Gasteiger partial charge in [-0.1, -0.05) is 6.07 Å². The van der Waals surface area contributed by atoms with Crippen LogP contribution in [0.25, 0.3) is 0 Å².